The summed E-state index contributed by atoms with van der Waals surface area (Å²) in [5.41, 5.74) is -1.95. The molecule has 0 aromatic heterocycles. The number of carbonyl (C=O) groups excluding carboxylic acids is 1. The normalized spacial score (nSPS) is 31.6. The highest BCUT2D eigenvalue weighted by Gasteiger charge is 2.22. The molecule has 1 amide bonds. The number of rotatable bonds is 3. The second kappa shape index (κ2) is 4.43. The fraction of sp³-hybridized carbons (Fsp3) is 0.417. The lowest BCUT2D eigenvalue weighted by atomic mass is 10.1. The number of amides is 1. The van der Waals surface area contributed by atoms with E-state index in [0.717, 1.165) is 0 Å². The highest BCUT2D eigenvalue weighted by Crippen LogP contribution is 2.16. The molecule has 86 valence electrons. The fourth-order valence-corrected chi connectivity index (χ4v) is 1.08. The van der Waals surface area contributed by atoms with E-state index in [0.29, 0.717) is 0 Å². The molecular weight excluding hydrogens is 206 g/mol. The quantitative estimate of drug-likeness (QED) is 0.864. The van der Waals surface area contributed by atoms with Crippen LogP contribution >= 0.6 is 0 Å². The largest absolute Gasteiger partial charge is 0.490 e. The first-order valence-corrected chi connectivity index (χ1v) is 4.35. The third-order valence-electron chi connectivity index (χ3n) is 1.70. The molecule has 0 saturated carbocycles. The van der Waals surface area contributed by atoms with E-state index in [2.05, 4.69) is 10.1 Å². The first kappa shape index (κ1) is 3.65. The molecule has 0 aliphatic carbocycles. The van der Waals surface area contributed by atoms with Crippen LogP contribution in [-0.2, 0) is 4.74 Å². The predicted octanol–water partition coefficient (Wildman–Crippen LogP) is 1.79. The van der Waals surface area contributed by atoms with Crippen LogP contribution in [0.15, 0.2) is 18.1 Å². The summed E-state index contributed by atoms with van der Waals surface area (Å²) in [5, 5.41) is 2.19. The average Bonchev–Trinajstić information content (AvgIpc) is 2.88. The van der Waals surface area contributed by atoms with Gasteiger partial charge in [0, 0.05) is 8.22 Å². The Bertz CT molecular complexity index is 730. The van der Waals surface area contributed by atoms with E-state index >= 15 is 0 Å². The molecule has 1 unspecified atom stereocenters. The molecule has 4 heteroatoms. The maximum absolute atomic E-state index is 11.1. The molecule has 0 bridgehead atoms. The lowest BCUT2D eigenvalue weighted by Gasteiger charge is -2.11. The lowest BCUT2D eigenvalue weighted by Crippen LogP contribution is -2.21. The van der Waals surface area contributed by atoms with Gasteiger partial charge in [-0.25, -0.2) is 4.79 Å². The van der Waals surface area contributed by atoms with E-state index < -0.39 is 67.5 Å². The van der Waals surface area contributed by atoms with Crippen LogP contribution in [0.2, 0.25) is 0 Å². The van der Waals surface area contributed by atoms with Crippen molar-refractivity contribution in [2.24, 2.45) is 0 Å². The summed E-state index contributed by atoms with van der Waals surface area (Å²) in [6.45, 7) is -9.24. The molecule has 1 aliphatic heterocycles. The van der Waals surface area contributed by atoms with Crippen LogP contribution in [0.25, 0.3) is 0 Å². The third-order valence-corrected chi connectivity index (χ3v) is 1.70. The van der Waals surface area contributed by atoms with E-state index in [1.54, 1.807) is 0 Å². The van der Waals surface area contributed by atoms with E-state index in [1.165, 1.54) is 0 Å². The van der Waals surface area contributed by atoms with Crippen molar-refractivity contribution in [3.8, 4) is 5.75 Å². The van der Waals surface area contributed by atoms with Gasteiger partial charge in [-0.05, 0) is 36.9 Å². The zero-order chi connectivity index (χ0) is 20.9. The van der Waals surface area contributed by atoms with Gasteiger partial charge in [-0.3, -0.25) is 0 Å². The van der Waals surface area contributed by atoms with Crippen molar-refractivity contribution in [1.29, 1.82) is 0 Å². The van der Waals surface area contributed by atoms with Gasteiger partial charge in [0.05, 0.1) is 13.4 Å². The van der Waals surface area contributed by atoms with E-state index in [4.69, 9.17) is 19.8 Å². The number of hydrogen-bond donors (Lipinski definition) is 1. The van der Waals surface area contributed by atoms with Gasteiger partial charge in [-0.15, -0.1) is 0 Å². The minimum Gasteiger partial charge on any atom is -0.490 e. The second-order valence-electron chi connectivity index (χ2n) is 2.95. The van der Waals surface area contributed by atoms with Gasteiger partial charge >= 0.3 is 6.09 Å². The van der Waals surface area contributed by atoms with Gasteiger partial charge in [0.25, 0.3) is 0 Å². The molecule has 1 heterocycles. The second-order valence-corrected chi connectivity index (χ2v) is 2.95. The van der Waals surface area contributed by atoms with Gasteiger partial charge < -0.3 is 14.8 Å². The van der Waals surface area contributed by atoms with Gasteiger partial charge in [-0.1, -0.05) is 6.04 Å². The number of carbonyl (C=O) groups is 1. The summed E-state index contributed by atoms with van der Waals surface area (Å²) in [6.07, 6.45) is -2.40. The van der Waals surface area contributed by atoms with Gasteiger partial charge in [0.15, 0.2) is 6.10 Å². The molecule has 1 saturated heterocycles. The summed E-state index contributed by atoms with van der Waals surface area (Å²) in [5.74, 6) is -0.962. The van der Waals surface area contributed by atoms with Crippen LogP contribution < -0.4 is 10.1 Å². The first-order valence-electron chi connectivity index (χ1n) is 9.85. The minimum absolute atomic E-state index is 0.290. The molecule has 0 spiro atoms. The Morgan fingerprint density at radius 3 is 2.94 bits per heavy atom. The zero-order valence-electron chi connectivity index (χ0n) is 19.0. The first-order chi connectivity index (χ1) is 12.1. The van der Waals surface area contributed by atoms with E-state index in [9.17, 15) is 4.79 Å². The fourth-order valence-electron chi connectivity index (χ4n) is 1.08. The predicted molar refractivity (Wildman–Crippen MR) is 59.7 cm³/mol. The Morgan fingerprint density at radius 2 is 2.38 bits per heavy atom. The van der Waals surface area contributed by atoms with Crippen molar-refractivity contribution in [1.82, 2.24) is 5.32 Å². The molecule has 1 aromatic rings. The maximum atomic E-state index is 11.1. The standard InChI is InChI=1S/C12H15NO3/c1-8-3-9(2)5-10(4-8)15-7-11-6-13-12(14)16-11/h3-5,11H,6-7H2,1-2H3,(H,13,14)/i1D3,2D3,3D,4D,5D,7D2. The van der Waals surface area contributed by atoms with Crippen LogP contribution in [0.3, 0.4) is 0 Å². The Morgan fingerprint density at radius 1 is 1.62 bits per heavy atom. The number of ether oxygens (including phenoxy) is 2. The smallest absolute Gasteiger partial charge is 0.407 e. The molecule has 4 nitrogen and oxygen atoms in total. The Labute approximate surface area is 110 Å². The van der Waals surface area contributed by atoms with Crippen molar-refractivity contribution in [3.05, 3.63) is 29.3 Å². The molecule has 1 fully saturated rings. The van der Waals surface area contributed by atoms with Crippen LogP contribution in [0, 0.1) is 13.7 Å². The zero-order valence-corrected chi connectivity index (χ0v) is 8.01. The molecule has 16 heavy (non-hydrogen) atoms. The molecule has 0 radical (unpaired) electrons. The van der Waals surface area contributed by atoms with Crippen LogP contribution in [-0.4, -0.2) is 25.3 Å². The SMILES string of the molecule is [2H]c1c(OC([2H])([2H])C2CNC(=O)O2)c([2H])c(C([2H])([2H])[2H])c([2H])c1C([2H])([2H])[2H]. The lowest BCUT2D eigenvalue weighted by molar-refractivity contribution is 0.105. The van der Waals surface area contributed by atoms with Gasteiger partial charge in [0.2, 0.25) is 0 Å². The Kier molecular flexibility index (Phi) is 1.01. The van der Waals surface area contributed by atoms with Crippen molar-refractivity contribution < 1.29 is 29.3 Å². The molecule has 1 atom stereocenters. The van der Waals surface area contributed by atoms with Crippen molar-refractivity contribution in [2.75, 3.05) is 13.1 Å². The summed E-state index contributed by atoms with van der Waals surface area (Å²) in [7, 11) is 0. The Hall–Kier alpha value is -1.71. The highest BCUT2D eigenvalue weighted by molar-refractivity contribution is 5.69. The van der Waals surface area contributed by atoms with Crippen molar-refractivity contribution in [3.63, 3.8) is 0 Å². The van der Waals surface area contributed by atoms with Gasteiger partial charge in [-0.2, -0.15) is 0 Å². The van der Waals surface area contributed by atoms with E-state index in [1.807, 2.05) is 0 Å². The average molecular weight is 232 g/mol. The topological polar surface area (TPSA) is 47.6 Å². The molecular formula is C12H15NO3. The number of benzene rings is 1. The summed E-state index contributed by atoms with van der Waals surface area (Å²) in [4.78, 5) is 11.1. The summed E-state index contributed by atoms with van der Waals surface area (Å²) in [6, 6.07) is -3.02. The molecule has 1 N–H and O–H groups in total. The number of cyclic esters (lactones) is 1. The van der Waals surface area contributed by atoms with Crippen molar-refractivity contribution in [2.45, 2.75) is 19.8 Å². The summed E-state index contributed by atoms with van der Waals surface area (Å²) >= 11 is 0. The molecule has 1 aromatic carbocycles. The van der Waals surface area contributed by atoms with Gasteiger partial charge in [0.1, 0.15) is 12.3 Å². The molecule has 2 rings (SSSR count). The minimum atomic E-state index is -3.08. The van der Waals surface area contributed by atoms with Crippen LogP contribution in [0.5, 0.6) is 5.75 Å². The monoisotopic (exact) mass is 232 g/mol. The number of alkyl carbamates (subject to hydrolysis) is 1. The highest BCUT2D eigenvalue weighted by atomic mass is 16.6. The van der Waals surface area contributed by atoms with Crippen LogP contribution in [0.1, 0.15) is 26.2 Å². The maximum Gasteiger partial charge on any atom is 0.407 e. The summed E-state index contributed by atoms with van der Waals surface area (Å²) < 4.78 is 94.0. The van der Waals surface area contributed by atoms with Crippen molar-refractivity contribution >= 4 is 6.09 Å². The van der Waals surface area contributed by atoms with Crippen LogP contribution in [0.4, 0.5) is 4.79 Å². The number of nitrogens with one attached hydrogen (secondary N) is 1. The third kappa shape index (κ3) is 2.66. The molecule has 1 aliphatic rings. The number of hydrogen-bond acceptors (Lipinski definition) is 3. The Balaban J connectivity index is 2.67. The van der Waals surface area contributed by atoms with E-state index in [-0.39, 0.29) is 6.54 Å².